The molecule has 1 unspecified atom stereocenters. The zero-order valence-electron chi connectivity index (χ0n) is 11.6. The Morgan fingerprint density at radius 3 is 2.15 bits per heavy atom. The van der Waals surface area contributed by atoms with E-state index in [4.69, 9.17) is 0 Å². The molecule has 1 fully saturated rings. The van der Waals surface area contributed by atoms with Gasteiger partial charge in [0.15, 0.2) is 0 Å². The molecule has 0 aromatic carbocycles. The van der Waals surface area contributed by atoms with Gasteiger partial charge in [0.2, 0.25) is 0 Å². The molecule has 0 radical (unpaired) electrons. The normalized spacial score (nSPS) is 18.6. The van der Waals surface area contributed by atoms with Gasteiger partial charge in [-0.15, -0.1) is 0 Å². The van der Waals surface area contributed by atoms with E-state index in [1.807, 2.05) is 0 Å². The van der Waals surface area contributed by atoms with Crippen molar-refractivity contribution in [2.75, 3.05) is 6.54 Å². The molecule has 5 nitrogen and oxygen atoms in total. The number of carboxylic acids is 1. The topological polar surface area (TPSA) is 69.6 Å². The van der Waals surface area contributed by atoms with Crippen LogP contribution in [0.5, 0.6) is 0 Å². The summed E-state index contributed by atoms with van der Waals surface area (Å²) in [5.74, 6) is -1.46. The number of nitrogens with one attached hydrogen (secondary N) is 1. The van der Waals surface area contributed by atoms with Gasteiger partial charge in [0.1, 0.15) is 12.1 Å². The number of halogens is 3. The van der Waals surface area contributed by atoms with Crippen LogP contribution in [0.2, 0.25) is 0 Å². The van der Waals surface area contributed by atoms with E-state index in [-0.39, 0.29) is 5.92 Å². The van der Waals surface area contributed by atoms with E-state index < -0.39 is 36.3 Å². The summed E-state index contributed by atoms with van der Waals surface area (Å²) in [5, 5.41) is 11.4. The fourth-order valence-corrected chi connectivity index (χ4v) is 1.97. The number of carboxylic acid groups (broad SMARTS) is 1. The molecule has 116 valence electrons. The van der Waals surface area contributed by atoms with E-state index >= 15 is 0 Å². The molecular weight excluding hydrogens is 277 g/mol. The molecular formula is C12H19F3N2O3. The summed E-state index contributed by atoms with van der Waals surface area (Å²) in [6.45, 7) is 2.81. The van der Waals surface area contributed by atoms with Crippen molar-refractivity contribution in [2.45, 2.75) is 51.4 Å². The Hall–Kier alpha value is -1.47. The molecule has 8 heteroatoms. The highest BCUT2D eigenvalue weighted by Crippen LogP contribution is 2.39. The third-order valence-electron chi connectivity index (χ3n) is 3.44. The predicted octanol–water partition coefficient (Wildman–Crippen LogP) is 2.22. The van der Waals surface area contributed by atoms with Gasteiger partial charge in [-0.25, -0.2) is 9.59 Å². The molecule has 1 aliphatic rings. The summed E-state index contributed by atoms with van der Waals surface area (Å²) in [7, 11) is 0. The molecule has 1 rings (SSSR count). The van der Waals surface area contributed by atoms with Gasteiger partial charge in [0, 0.05) is 6.04 Å². The largest absolute Gasteiger partial charge is 0.480 e. The first-order chi connectivity index (χ1) is 8.97. The number of nitrogens with zero attached hydrogens (tertiary/aromatic N) is 1. The molecule has 0 aromatic rings. The van der Waals surface area contributed by atoms with Crippen LogP contribution in [-0.2, 0) is 4.79 Å². The van der Waals surface area contributed by atoms with Crippen LogP contribution in [0.15, 0.2) is 0 Å². The van der Waals surface area contributed by atoms with Crippen LogP contribution in [0.4, 0.5) is 18.0 Å². The maximum absolute atomic E-state index is 12.5. The number of alkyl halides is 3. The summed E-state index contributed by atoms with van der Waals surface area (Å²) in [6.07, 6.45) is -3.24. The van der Waals surface area contributed by atoms with Crippen LogP contribution in [0.3, 0.4) is 0 Å². The van der Waals surface area contributed by atoms with Crippen LogP contribution in [0.1, 0.15) is 33.6 Å². The SMILES string of the molecule is CC(C)N(CC(F)(F)F)C(=O)NC(C)(C(=O)O)C1CC1. The van der Waals surface area contributed by atoms with Gasteiger partial charge in [-0.3, -0.25) is 0 Å². The van der Waals surface area contributed by atoms with Crippen LogP contribution in [0.25, 0.3) is 0 Å². The highest BCUT2D eigenvalue weighted by molar-refractivity contribution is 5.86. The van der Waals surface area contributed by atoms with E-state index in [2.05, 4.69) is 5.32 Å². The molecule has 0 bridgehead atoms. The van der Waals surface area contributed by atoms with E-state index in [0.29, 0.717) is 17.7 Å². The lowest BCUT2D eigenvalue weighted by Gasteiger charge is -2.33. The van der Waals surface area contributed by atoms with Crippen LogP contribution < -0.4 is 5.32 Å². The Balaban J connectivity index is 2.82. The van der Waals surface area contributed by atoms with Gasteiger partial charge in [0.25, 0.3) is 0 Å². The zero-order valence-corrected chi connectivity index (χ0v) is 11.6. The summed E-state index contributed by atoms with van der Waals surface area (Å²) >= 11 is 0. The monoisotopic (exact) mass is 296 g/mol. The van der Waals surface area contributed by atoms with E-state index in [9.17, 15) is 27.9 Å². The number of amides is 2. The molecule has 2 N–H and O–H groups in total. The lowest BCUT2D eigenvalue weighted by atomic mass is 9.96. The number of carbonyl (C=O) groups is 2. The second-order valence-electron chi connectivity index (χ2n) is 5.55. The molecule has 0 spiro atoms. The number of urea groups is 1. The molecule has 1 atom stereocenters. The molecule has 0 aliphatic heterocycles. The first-order valence-electron chi connectivity index (χ1n) is 6.36. The van der Waals surface area contributed by atoms with Gasteiger partial charge in [-0.2, -0.15) is 13.2 Å². The predicted molar refractivity (Wildman–Crippen MR) is 65.2 cm³/mol. The third kappa shape index (κ3) is 4.01. The Kier molecular flexibility index (Phi) is 4.55. The number of rotatable bonds is 5. The van der Waals surface area contributed by atoms with Gasteiger partial charge >= 0.3 is 18.2 Å². The Morgan fingerprint density at radius 1 is 1.35 bits per heavy atom. The van der Waals surface area contributed by atoms with E-state index in [1.165, 1.54) is 20.8 Å². The summed E-state index contributed by atoms with van der Waals surface area (Å²) in [6, 6.07) is -1.69. The van der Waals surface area contributed by atoms with Crippen molar-refractivity contribution in [3.05, 3.63) is 0 Å². The molecule has 0 heterocycles. The average molecular weight is 296 g/mol. The molecule has 0 saturated heterocycles. The van der Waals surface area contributed by atoms with Crippen molar-refractivity contribution in [2.24, 2.45) is 5.92 Å². The van der Waals surface area contributed by atoms with Gasteiger partial charge in [-0.1, -0.05) is 0 Å². The minimum Gasteiger partial charge on any atom is -0.480 e. The third-order valence-corrected chi connectivity index (χ3v) is 3.44. The standard InChI is InChI=1S/C12H19F3N2O3/c1-7(2)17(6-12(13,14)15)10(20)16-11(3,9(18)19)8-4-5-8/h7-8H,4-6H2,1-3H3,(H,16,20)(H,18,19). The fourth-order valence-electron chi connectivity index (χ4n) is 1.97. The van der Waals surface area contributed by atoms with Crippen LogP contribution in [0, 0.1) is 5.92 Å². The van der Waals surface area contributed by atoms with Gasteiger partial charge in [-0.05, 0) is 39.5 Å². The zero-order chi connectivity index (χ0) is 15.7. The summed E-state index contributed by atoms with van der Waals surface area (Å²) in [4.78, 5) is 23.8. The van der Waals surface area contributed by atoms with E-state index in [0.717, 1.165) is 0 Å². The Bertz CT molecular complexity index is 394. The van der Waals surface area contributed by atoms with Crippen molar-refractivity contribution >= 4 is 12.0 Å². The van der Waals surface area contributed by atoms with E-state index in [1.54, 1.807) is 0 Å². The Labute approximate surface area is 115 Å². The maximum atomic E-state index is 12.5. The molecule has 20 heavy (non-hydrogen) atoms. The lowest BCUT2D eigenvalue weighted by Crippen LogP contribution is -2.59. The van der Waals surface area contributed by atoms with Crippen molar-refractivity contribution in [1.82, 2.24) is 10.2 Å². The van der Waals surface area contributed by atoms with Crippen molar-refractivity contribution in [1.29, 1.82) is 0 Å². The smallest absolute Gasteiger partial charge is 0.406 e. The van der Waals surface area contributed by atoms with Gasteiger partial charge in [0.05, 0.1) is 0 Å². The van der Waals surface area contributed by atoms with Crippen LogP contribution >= 0.6 is 0 Å². The second kappa shape index (κ2) is 5.49. The van der Waals surface area contributed by atoms with Crippen molar-refractivity contribution in [3.8, 4) is 0 Å². The first-order valence-corrected chi connectivity index (χ1v) is 6.36. The van der Waals surface area contributed by atoms with Gasteiger partial charge < -0.3 is 15.3 Å². The molecule has 1 aliphatic carbocycles. The Morgan fingerprint density at radius 2 is 1.85 bits per heavy atom. The van der Waals surface area contributed by atoms with Crippen molar-refractivity contribution in [3.63, 3.8) is 0 Å². The minimum absolute atomic E-state index is 0.233. The van der Waals surface area contributed by atoms with Crippen molar-refractivity contribution < 1.29 is 27.9 Å². The first kappa shape index (κ1) is 16.6. The number of aliphatic carboxylic acids is 1. The fraction of sp³-hybridized carbons (Fsp3) is 0.833. The highest BCUT2D eigenvalue weighted by atomic mass is 19.4. The molecule has 1 saturated carbocycles. The summed E-state index contributed by atoms with van der Waals surface area (Å²) in [5.41, 5.74) is -1.52. The second-order valence-corrected chi connectivity index (χ2v) is 5.55. The number of hydrogen-bond donors (Lipinski definition) is 2. The number of hydrogen-bond acceptors (Lipinski definition) is 2. The molecule has 0 aromatic heterocycles. The lowest BCUT2D eigenvalue weighted by molar-refractivity contribution is -0.146. The maximum Gasteiger partial charge on any atom is 0.406 e. The number of carbonyl (C=O) groups excluding carboxylic acids is 1. The average Bonchev–Trinajstić information content (AvgIpc) is 3.07. The highest BCUT2D eigenvalue weighted by Gasteiger charge is 2.49. The summed E-state index contributed by atoms with van der Waals surface area (Å²) < 4.78 is 37.4. The molecule has 2 amide bonds. The quantitative estimate of drug-likeness (QED) is 0.817. The minimum atomic E-state index is -4.53. The van der Waals surface area contributed by atoms with Crippen LogP contribution in [-0.4, -0.2) is 46.3 Å².